The molecule has 0 saturated carbocycles. The van der Waals surface area contributed by atoms with E-state index < -0.39 is 0 Å². The van der Waals surface area contributed by atoms with Crippen molar-refractivity contribution in [3.63, 3.8) is 0 Å². The molecule has 4 nitrogen and oxygen atoms in total. The molecule has 0 saturated heterocycles. The zero-order valence-corrected chi connectivity index (χ0v) is 16.5. The Kier molecular flexibility index (Phi) is 4.42. The summed E-state index contributed by atoms with van der Waals surface area (Å²) in [5.41, 5.74) is 4.60. The number of imidazole rings is 1. The van der Waals surface area contributed by atoms with Gasteiger partial charge in [-0.15, -0.1) is 0 Å². The lowest BCUT2D eigenvalue weighted by molar-refractivity contribution is 0.572. The highest BCUT2D eigenvalue weighted by atomic mass is 79.9. The van der Waals surface area contributed by atoms with Gasteiger partial charge >= 0.3 is 0 Å². The van der Waals surface area contributed by atoms with Crippen molar-refractivity contribution in [1.82, 2.24) is 14.5 Å². The predicted molar refractivity (Wildman–Crippen MR) is 107 cm³/mol. The fourth-order valence-corrected chi connectivity index (χ4v) is 3.50. The molecule has 0 unspecified atom stereocenters. The van der Waals surface area contributed by atoms with Gasteiger partial charge in [0.05, 0.1) is 11.4 Å². The fourth-order valence-electron chi connectivity index (χ4n) is 3.01. The van der Waals surface area contributed by atoms with E-state index in [0.717, 1.165) is 38.5 Å². The molecule has 0 spiro atoms. The van der Waals surface area contributed by atoms with E-state index in [9.17, 15) is 0 Å². The van der Waals surface area contributed by atoms with Gasteiger partial charge in [-0.1, -0.05) is 39.7 Å². The van der Waals surface area contributed by atoms with E-state index in [1.807, 2.05) is 62.5 Å². The molecule has 0 N–H and O–H groups in total. The molecule has 130 valence electrons. The number of hydrogen-bond donors (Lipinski definition) is 0. The molecule has 2 aromatic carbocycles. The lowest BCUT2D eigenvalue weighted by atomic mass is 10.0. The molecule has 6 heteroatoms. The van der Waals surface area contributed by atoms with Crippen LogP contribution in [-0.4, -0.2) is 14.5 Å². The van der Waals surface area contributed by atoms with Gasteiger partial charge in [-0.3, -0.25) is 0 Å². The summed E-state index contributed by atoms with van der Waals surface area (Å²) in [6, 6.07) is 13.7. The quantitative estimate of drug-likeness (QED) is 0.388. The third-order valence-corrected chi connectivity index (χ3v) is 4.90. The Morgan fingerprint density at radius 2 is 1.85 bits per heavy atom. The van der Waals surface area contributed by atoms with Gasteiger partial charge in [0.2, 0.25) is 0 Å². The van der Waals surface area contributed by atoms with Crippen molar-refractivity contribution in [2.75, 3.05) is 0 Å². The Bertz CT molecular complexity index is 1080. The number of nitrogens with zero attached hydrogens (tertiary/aromatic N) is 3. The van der Waals surface area contributed by atoms with Gasteiger partial charge < -0.3 is 8.98 Å². The molecule has 0 aliphatic heterocycles. The highest BCUT2D eigenvalue weighted by Gasteiger charge is 2.19. The average Bonchev–Trinajstić information content (AvgIpc) is 3.22. The minimum Gasteiger partial charge on any atom is -0.443 e. The van der Waals surface area contributed by atoms with Crippen molar-refractivity contribution < 1.29 is 4.42 Å². The SMILES string of the molecule is Cc1cn(-c2ccc(Br)cc2-c2ocnc2-c2ccc(Cl)cc2)c(C)n1. The summed E-state index contributed by atoms with van der Waals surface area (Å²) in [6.07, 6.45) is 3.48. The van der Waals surface area contributed by atoms with E-state index in [4.69, 9.17) is 16.0 Å². The van der Waals surface area contributed by atoms with Gasteiger partial charge in [0.1, 0.15) is 11.5 Å². The van der Waals surface area contributed by atoms with Gasteiger partial charge in [0, 0.05) is 26.8 Å². The highest BCUT2D eigenvalue weighted by Crippen LogP contribution is 2.37. The average molecular weight is 429 g/mol. The van der Waals surface area contributed by atoms with Crippen molar-refractivity contribution in [1.29, 1.82) is 0 Å². The monoisotopic (exact) mass is 427 g/mol. The predicted octanol–water partition coefficient (Wildman–Crippen LogP) is 6.23. The first-order valence-corrected chi connectivity index (χ1v) is 9.22. The first-order valence-electron chi connectivity index (χ1n) is 8.05. The molecule has 26 heavy (non-hydrogen) atoms. The molecule has 0 atom stereocenters. The Morgan fingerprint density at radius 3 is 2.54 bits per heavy atom. The van der Waals surface area contributed by atoms with Gasteiger partial charge in [-0.05, 0) is 44.2 Å². The normalized spacial score (nSPS) is 11.1. The number of halogens is 2. The molecular weight excluding hydrogens is 414 g/mol. The topological polar surface area (TPSA) is 43.9 Å². The molecular formula is C20H15BrClN3O. The molecule has 0 aliphatic rings. The van der Waals surface area contributed by atoms with Crippen LogP contribution in [0.5, 0.6) is 0 Å². The van der Waals surface area contributed by atoms with Crippen LogP contribution in [-0.2, 0) is 0 Å². The van der Waals surface area contributed by atoms with E-state index in [2.05, 4.69) is 30.5 Å². The zero-order valence-electron chi connectivity index (χ0n) is 14.2. The Balaban J connectivity index is 1.92. The van der Waals surface area contributed by atoms with E-state index in [1.165, 1.54) is 6.39 Å². The molecule has 0 radical (unpaired) electrons. The summed E-state index contributed by atoms with van der Waals surface area (Å²) in [5, 5.41) is 0.687. The number of aromatic nitrogens is 3. The fraction of sp³-hybridized carbons (Fsp3) is 0.100. The number of benzene rings is 2. The molecule has 4 rings (SSSR count). The molecule has 2 aromatic heterocycles. The van der Waals surface area contributed by atoms with Crippen LogP contribution in [0.3, 0.4) is 0 Å². The molecule has 0 amide bonds. The molecule has 0 bridgehead atoms. The third kappa shape index (κ3) is 3.08. The third-order valence-electron chi connectivity index (χ3n) is 4.15. The summed E-state index contributed by atoms with van der Waals surface area (Å²) in [6.45, 7) is 3.97. The summed E-state index contributed by atoms with van der Waals surface area (Å²) < 4.78 is 8.82. The Labute approximate surface area is 164 Å². The van der Waals surface area contributed by atoms with Gasteiger partial charge in [-0.2, -0.15) is 0 Å². The minimum atomic E-state index is 0.687. The van der Waals surface area contributed by atoms with Crippen LogP contribution in [0.1, 0.15) is 11.5 Å². The smallest absolute Gasteiger partial charge is 0.182 e. The van der Waals surface area contributed by atoms with E-state index >= 15 is 0 Å². The number of hydrogen-bond acceptors (Lipinski definition) is 3. The maximum Gasteiger partial charge on any atom is 0.182 e. The molecule has 4 aromatic rings. The zero-order chi connectivity index (χ0) is 18.3. The second-order valence-electron chi connectivity index (χ2n) is 6.00. The van der Waals surface area contributed by atoms with Crippen molar-refractivity contribution in [3.8, 4) is 28.3 Å². The van der Waals surface area contributed by atoms with Crippen molar-refractivity contribution in [3.05, 3.63) is 76.1 Å². The molecule has 0 aliphatic carbocycles. The van der Waals surface area contributed by atoms with Crippen LogP contribution in [0.4, 0.5) is 0 Å². The maximum atomic E-state index is 6.02. The second-order valence-corrected chi connectivity index (χ2v) is 7.35. The highest BCUT2D eigenvalue weighted by molar-refractivity contribution is 9.10. The lowest BCUT2D eigenvalue weighted by Crippen LogP contribution is -1.98. The summed E-state index contributed by atoms with van der Waals surface area (Å²) >= 11 is 9.58. The summed E-state index contributed by atoms with van der Waals surface area (Å²) in [4.78, 5) is 8.95. The largest absolute Gasteiger partial charge is 0.443 e. The van der Waals surface area contributed by atoms with Gasteiger partial charge in [0.25, 0.3) is 0 Å². The van der Waals surface area contributed by atoms with E-state index in [-0.39, 0.29) is 0 Å². The summed E-state index contributed by atoms with van der Waals surface area (Å²) in [5.74, 6) is 1.62. The number of aryl methyl sites for hydroxylation is 2. The van der Waals surface area contributed by atoms with Crippen molar-refractivity contribution >= 4 is 27.5 Å². The summed E-state index contributed by atoms with van der Waals surface area (Å²) in [7, 11) is 0. The van der Waals surface area contributed by atoms with Crippen LogP contribution in [0.25, 0.3) is 28.3 Å². The van der Waals surface area contributed by atoms with Crippen LogP contribution >= 0.6 is 27.5 Å². The molecule has 2 heterocycles. The van der Waals surface area contributed by atoms with Crippen molar-refractivity contribution in [2.24, 2.45) is 0 Å². The Hall–Kier alpha value is -2.37. The van der Waals surface area contributed by atoms with Crippen LogP contribution in [0.15, 0.2) is 63.9 Å². The van der Waals surface area contributed by atoms with Crippen molar-refractivity contribution in [2.45, 2.75) is 13.8 Å². The van der Waals surface area contributed by atoms with Crippen LogP contribution in [0.2, 0.25) is 5.02 Å². The first-order chi connectivity index (χ1) is 12.5. The van der Waals surface area contributed by atoms with Crippen LogP contribution in [0, 0.1) is 13.8 Å². The van der Waals surface area contributed by atoms with Gasteiger partial charge in [0.15, 0.2) is 12.2 Å². The lowest BCUT2D eigenvalue weighted by Gasteiger charge is -2.12. The Morgan fingerprint density at radius 1 is 1.08 bits per heavy atom. The number of rotatable bonds is 3. The minimum absolute atomic E-state index is 0.687. The van der Waals surface area contributed by atoms with Crippen LogP contribution < -0.4 is 0 Å². The maximum absolute atomic E-state index is 6.02. The first kappa shape index (κ1) is 17.1. The van der Waals surface area contributed by atoms with E-state index in [0.29, 0.717) is 10.8 Å². The van der Waals surface area contributed by atoms with E-state index in [1.54, 1.807) is 0 Å². The second kappa shape index (κ2) is 6.74. The molecule has 0 fully saturated rings. The number of oxazole rings is 1. The standard InChI is InChI=1S/C20H15BrClN3O/c1-12-10-25(13(2)24-12)18-8-5-15(21)9-17(18)20-19(23-11-26-20)14-3-6-16(22)7-4-14/h3-11H,1-2H3. The van der Waals surface area contributed by atoms with Gasteiger partial charge in [-0.25, -0.2) is 9.97 Å².